The number of thiophene rings is 1. The molecule has 0 bridgehead atoms. The summed E-state index contributed by atoms with van der Waals surface area (Å²) < 4.78 is 27.0. The van der Waals surface area contributed by atoms with Gasteiger partial charge in [-0.3, -0.25) is 9.59 Å². The number of sulfonamides is 1. The molecule has 0 radical (unpaired) electrons. The lowest BCUT2D eigenvalue weighted by Crippen LogP contribution is -2.50. The van der Waals surface area contributed by atoms with Crippen LogP contribution in [0, 0.1) is 6.92 Å². The van der Waals surface area contributed by atoms with Gasteiger partial charge in [-0.2, -0.15) is 4.31 Å². The third-order valence-electron chi connectivity index (χ3n) is 4.71. The van der Waals surface area contributed by atoms with E-state index in [4.69, 9.17) is 23.2 Å². The van der Waals surface area contributed by atoms with Crippen LogP contribution < -0.4 is 0 Å². The molecule has 0 aliphatic carbocycles. The van der Waals surface area contributed by atoms with Gasteiger partial charge in [-0.15, -0.1) is 11.3 Å². The molecule has 0 unspecified atom stereocenters. The van der Waals surface area contributed by atoms with Gasteiger partial charge in [0.1, 0.15) is 4.90 Å². The van der Waals surface area contributed by atoms with Crippen LogP contribution in [0.1, 0.15) is 27.4 Å². The van der Waals surface area contributed by atoms with E-state index in [1.54, 1.807) is 11.0 Å². The van der Waals surface area contributed by atoms with Gasteiger partial charge >= 0.3 is 0 Å². The number of amides is 1. The van der Waals surface area contributed by atoms with E-state index in [-0.39, 0.29) is 65.7 Å². The number of rotatable bonds is 6. The smallest absolute Gasteiger partial charge is 0.244 e. The van der Waals surface area contributed by atoms with Crippen molar-refractivity contribution in [2.45, 2.75) is 24.7 Å². The standard InChI is InChI=1S/C19H20Cl2N2O4S2/c1-13-5-7-16(28-13)15(24)6-8-18(25)22-9-11-23(12-10-22)29(26,27)17-4-2-3-14(20)19(17)21/h2-5,7H,6,8-12H2,1H3. The summed E-state index contributed by atoms with van der Waals surface area (Å²) in [6.07, 6.45) is 0.262. The predicted molar refractivity (Wildman–Crippen MR) is 114 cm³/mol. The molecule has 1 aliphatic heterocycles. The number of aryl methyl sites for hydroxylation is 1. The fourth-order valence-electron chi connectivity index (χ4n) is 3.09. The molecular weight excluding hydrogens is 455 g/mol. The highest BCUT2D eigenvalue weighted by Gasteiger charge is 2.32. The van der Waals surface area contributed by atoms with E-state index in [1.807, 2.05) is 13.0 Å². The van der Waals surface area contributed by atoms with Crippen LogP contribution in [0.25, 0.3) is 0 Å². The molecule has 1 saturated heterocycles. The van der Waals surface area contributed by atoms with Crippen LogP contribution in [0.15, 0.2) is 35.2 Å². The molecule has 1 aromatic carbocycles. The van der Waals surface area contributed by atoms with E-state index >= 15 is 0 Å². The monoisotopic (exact) mass is 474 g/mol. The minimum atomic E-state index is -3.80. The highest BCUT2D eigenvalue weighted by atomic mass is 35.5. The fraction of sp³-hybridized carbons (Fsp3) is 0.368. The second kappa shape index (κ2) is 9.14. The van der Waals surface area contributed by atoms with Crippen LogP contribution >= 0.6 is 34.5 Å². The average molecular weight is 475 g/mol. The van der Waals surface area contributed by atoms with Crippen molar-refractivity contribution in [1.82, 2.24) is 9.21 Å². The van der Waals surface area contributed by atoms with E-state index in [0.29, 0.717) is 4.88 Å². The second-order valence-electron chi connectivity index (χ2n) is 6.67. The molecule has 0 atom stereocenters. The highest BCUT2D eigenvalue weighted by molar-refractivity contribution is 7.89. The number of halogens is 2. The van der Waals surface area contributed by atoms with Crippen LogP contribution in [0.4, 0.5) is 0 Å². The molecule has 0 N–H and O–H groups in total. The van der Waals surface area contributed by atoms with E-state index in [0.717, 1.165) is 4.88 Å². The van der Waals surface area contributed by atoms with Gasteiger partial charge in [0.2, 0.25) is 15.9 Å². The van der Waals surface area contributed by atoms with Gasteiger partial charge in [0.05, 0.1) is 14.9 Å². The third kappa shape index (κ3) is 5.00. The van der Waals surface area contributed by atoms with E-state index < -0.39 is 10.0 Å². The third-order valence-corrected chi connectivity index (χ3v) is 8.62. The van der Waals surface area contributed by atoms with E-state index in [9.17, 15) is 18.0 Å². The molecule has 10 heteroatoms. The van der Waals surface area contributed by atoms with Crippen molar-refractivity contribution in [3.8, 4) is 0 Å². The van der Waals surface area contributed by atoms with Crippen molar-refractivity contribution in [2.24, 2.45) is 0 Å². The van der Waals surface area contributed by atoms with E-state index in [1.165, 1.54) is 33.8 Å². The SMILES string of the molecule is Cc1ccc(C(=O)CCC(=O)N2CCN(S(=O)(=O)c3cccc(Cl)c3Cl)CC2)s1. The predicted octanol–water partition coefficient (Wildman–Crippen LogP) is 3.86. The van der Waals surface area contributed by atoms with E-state index in [2.05, 4.69) is 0 Å². The summed E-state index contributed by atoms with van der Waals surface area (Å²) >= 11 is 13.4. The Labute approximate surface area is 184 Å². The number of carbonyl (C=O) groups is 2. The maximum atomic E-state index is 12.8. The highest BCUT2D eigenvalue weighted by Crippen LogP contribution is 2.31. The van der Waals surface area contributed by atoms with Crippen LogP contribution in [0.3, 0.4) is 0 Å². The zero-order valence-electron chi connectivity index (χ0n) is 15.7. The number of benzene rings is 1. The summed E-state index contributed by atoms with van der Waals surface area (Å²) in [6, 6.07) is 8.13. The largest absolute Gasteiger partial charge is 0.340 e. The average Bonchev–Trinajstić information content (AvgIpc) is 3.14. The molecule has 1 fully saturated rings. The first kappa shape index (κ1) is 22.2. The molecule has 29 heavy (non-hydrogen) atoms. The molecule has 0 saturated carbocycles. The molecule has 2 heterocycles. The maximum Gasteiger partial charge on any atom is 0.244 e. The van der Waals surface area contributed by atoms with Crippen LogP contribution in [-0.2, 0) is 14.8 Å². The lowest BCUT2D eigenvalue weighted by atomic mass is 10.1. The lowest BCUT2D eigenvalue weighted by molar-refractivity contribution is -0.132. The van der Waals surface area contributed by atoms with Gasteiger partial charge in [-0.25, -0.2) is 8.42 Å². The molecular formula is C19H20Cl2N2O4S2. The molecule has 0 spiro atoms. The minimum absolute atomic E-state index is 0.00463. The van der Waals surface area contributed by atoms with Gasteiger partial charge in [0.25, 0.3) is 0 Å². The number of hydrogen-bond acceptors (Lipinski definition) is 5. The normalized spacial score (nSPS) is 15.5. The van der Waals surface area contributed by atoms with Crippen molar-refractivity contribution in [2.75, 3.05) is 26.2 Å². The van der Waals surface area contributed by atoms with Crippen molar-refractivity contribution in [3.63, 3.8) is 0 Å². The van der Waals surface area contributed by atoms with Crippen LogP contribution in [0.5, 0.6) is 0 Å². The molecule has 3 rings (SSSR count). The van der Waals surface area contributed by atoms with Crippen LogP contribution in [0.2, 0.25) is 10.0 Å². The van der Waals surface area contributed by atoms with Crippen molar-refractivity contribution < 1.29 is 18.0 Å². The van der Waals surface area contributed by atoms with Gasteiger partial charge < -0.3 is 4.90 Å². The summed E-state index contributed by atoms with van der Waals surface area (Å²) in [6.45, 7) is 2.78. The molecule has 1 aromatic heterocycles. The van der Waals surface area contributed by atoms with Crippen molar-refractivity contribution >= 4 is 56.3 Å². The first-order valence-electron chi connectivity index (χ1n) is 9.01. The topological polar surface area (TPSA) is 74.8 Å². The Morgan fingerprint density at radius 2 is 1.72 bits per heavy atom. The Morgan fingerprint density at radius 1 is 1.03 bits per heavy atom. The van der Waals surface area contributed by atoms with Gasteiger partial charge in [-0.05, 0) is 31.2 Å². The number of ketones is 1. The Balaban J connectivity index is 1.56. The summed E-state index contributed by atoms with van der Waals surface area (Å²) in [5.74, 6) is -0.197. The Bertz CT molecular complexity index is 1030. The number of piperazine rings is 1. The summed E-state index contributed by atoms with van der Waals surface area (Å²) in [5.41, 5.74) is 0. The Kier molecular flexibility index (Phi) is 7.01. The van der Waals surface area contributed by atoms with Gasteiger partial charge in [0, 0.05) is 43.9 Å². The van der Waals surface area contributed by atoms with Crippen molar-refractivity contribution in [3.05, 3.63) is 50.1 Å². The summed E-state index contributed by atoms with van der Waals surface area (Å²) in [4.78, 5) is 27.9. The molecule has 6 nitrogen and oxygen atoms in total. The van der Waals surface area contributed by atoms with Gasteiger partial charge in [0.15, 0.2) is 5.78 Å². The zero-order chi connectivity index (χ0) is 21.2. The molecule has 1 aliphatic rings. The van der Waals surface area contributed by atoms with Gasteiger partial charge in [-0.1, -0.05) is 29.3 Å². The fourth-order valence-corrected chi connectivity index (χ4v) is 6.08. The summed E-state index contributed by atoms with van der Waals surface area (Å²) in [7, 11) is -3.80. The zero-order valence-corrected chi connectivity index (χ0v) is 18.9. The molecule has 156 valence electrons. The Hall–Kier alpha value is -1.45. The second-order valence-corrected chi connectivity index (χ2v) is 10.6. The first-order valence-corrected chi connectivity index (χ1v) is 12.0. The quantitative estimate of drug-likeness (QED) is 0.595. The minimum Gasteiger partial charge on any atom is -0.340 e. The van der Waals surface area contributed by atoms with Crippen molar-refractivity contribution in [1.29, 1.82) is 0 Å². The molecule has 1 amide bonds. The summed E-state index contributed by atoms with van der Waals surface area (Å²) in [5, 5.41) is 0.169. The number of hydrogen-bond donors (Lipinski definition) is 0. The Morgan fingerprint density at radius 3 is 2.34 bits per heavy atom. The lowest BCUT2D eigenvalue weighted by Gasteiger charge is -2.34. The number of carbonyl (C=O) groups excluding carboxylic acids is 2. The molecule has 2 aromatic rings. The number of nitrogens with zero attached hydrogens (tertiary/aromatic N) is 2. The maximum absolute atomic E-state index is 12.8. The number of Topliss-reactive ketones (excluding diaryl/α,β-unsaturated/α-hetero) is 1. The van der Waals surface area contributed by atoms with Crippen LogP contribution in [-0.4, -0.2) is 55.5 Å². The first-order chi connectivity index (χ1) is 13.7.